The molecule has 1 unspecified atom stereocenters. The molecule has 0 spiro atoms. The van der Waals surface area contributed by atoms with Crippen molar-refractivity contribution in [2.45, 2.75) is 13.3 Å². The van der Waals surface area contributed by atoms with Gasteiger partial charge >= 0.3 is 5.97 Å². The Bertz CT molecular complexity index is 406. The molecular weight excluding hydrogens is 227 g/mol. The minimum atomic E-state index is -0.900. The SMILES string of the molecule is CC(CCNC(=O)c1ccc(F)nc1)C(=O)O. The van der Waals surface area contributed by atoms with Crippen LogP contribution in [0.1, 0.15) is 23.7 Å². The normalized spacial score (nSPS) is 11.9. The molecule has 0 aliphatic rings. The van der Waals surface area contributed by atoms with E-state index in [1.165, 1.54) is 6.07 Å². The van der Waals surface area contributed by atoms with Gasteiger partial charge in [0.25, 0.3) is 5.91 Å². The summed E-state index contributed by atoms with van der Waals surface area (Å²) in [5, 5.41) is 11.2. The van der Waals surface area contributed by atoms with Gasteiger partial charge in [-0.2, -0.15) is 4.39 Å². The Kier molecular flexibility index (Phi) is 4.56. The van der Waals surface area contributed by atoms with Gasteiger partial charge in [0.15, 0.2) is 0 Å². The molecule has 0 saturated carbocycles. The first kappa shape index (κ1) is 13.1. The molecule has 0 bridgehead atoms. The highest BCUT2D eigenvalue weighted by molar-refractivity contribution is 5.93. The number of aromatic nitrogens is 1. The van der Waals surface area contributed by atoms with Gasteiger partial charge in [-0.15, -0.1) is 0 Å². The molecular formula is C11H13FN2O3. The fourth-order valence-corrected chi connectivity index (χ4v) is 1.14. The molecule has 0 aromatic carbocycles. The van der Waals surface area contributed by atoms with Crippen LogP contribution in [0, 0.1) is 11.9 Å². The van der Waals surface area contributed by atoms with Crippen LogP contribution in [0.2, 0.25) is 0 Å². The summed E-state index contributed by atoms with van der Waals surface area (Å²) in [6, 6.07) is 2.41. The van der Waals surface area contributed by atoms with E-state index < -0.39 is 23.7 Å². The van der Waals surface area contributed by atoms with Gasteiger partial charge in [0.1, 0.15) is 0 Å². The molecule has 92 valence electrons. The van der Waals surface area contributed by atoms with E-state index in [1.807, 2.05) is 0 Å². The highest BCUT2D eigenvalue weighted by Crippen LogP contribution is 2.02. The fraction of sp³-hybridized carbons (Fsp3) is 0.364. The summed E-state index contributed by atoms with van der Waals surface area (Å²) in [6.07, 6.45) is 1.47. The van der Waals surface area contributed by atoms with E-state index in [9.17, 15) is 14.0 Å². The van der Waals surface area contributed by atoms with E-state index in [0.717, 1.165) is 12.3 Å². The molecule has 1 heterocycles. The summed E-state index contributed by atoms with van der Waals surface area (Å²) in [7, 11) is 0. The second-order valence-corrected chi connectivity index (χ2v) is 3.65. The number of aliphatic carboxylic acids is 1. The number of pyridine rings is 1. The van der Waals surface area contributed by atoms with E-state index in [0.29, 0.717) is 6.42 Å². The number of rotatable bonds is 5. The molecule has 17 heavy (non-hydrogen) atoms. The zero-order chi connectivity index (χ0) is 12.8. The summed E-state index contributed by atoms with van der Waals surface area (Å²) in [5.74, 6) is -2.46. The van der Waals surface area contributed by atoms with Gasteiger partial charge in [0.05, 0.1) is 11.5 Å². The number of hydrogen-bond donors (Lipinski definition) is 2. The number of halogens is 1. The summed E-state index contributed by atoms with van der Waals surface area (Å²) in [6.45, 7) is 1.82. The summed E-state index contributed by atoms with van der Waals surface area (Å²) in [4.78, 5) is 25.4. The highest BCUT2D eigenvalue weighted by atomic mass is 19.1. The van der Waals surface area contributed by atoms with Crippen molar-refractivity contribution >= 4 is 11.9 Å². The van der Waals surface area contributed by atoms with Gasteiger partial charge in [-0.3, -0.25) is 9.59 Å². The van der Waals surface area contributed by atoms with Crippen LogP contribution in [0.3, 0.4) is 0 Å². The lowest BCUT2D eigenvalue weighted by Crippen LogP contribution is -2.27. The third-order valence-electron chi connectivity index (χ3n) is 2.27. The largest absolute Gasteiger partial charge is 0.481 e. The van der Waals surface area contributed by atoms with E-state index >= 15 is 0 Å². The van der Waals surface area contributed by atoms with Crippen molar-refractivity contribution in [3.05, 3.63) is 29.8 Å². The Morgan fingerprint density at radius 1 is 1.53 bits per heavy atom. The molecule has 0 saturated heterocycles. The van der Waals surface area contributed by atoms with Crippen molar-refractivity contribution in [2.75, 3.05) is 6.54 Å². The quantitative estimate of drug-likeness (QED) is 0.754. The first-order valence-electron chi connectivity index (χ1n) is 5.13. The molecule has 0 radical (unpaired) electrons. The first-order valence-corrected chi connectivity index (χ1v) is 5.13. The van der Waals surface area contributed by atoms with Gasteiger partial charge in [0.2, 0.25) is 5.95 Å². The highest BCUT2D eigenvalue weighted by Gasteiger charge is 2.11. The maximum Gasteiger partial charge on any atom is 0.306 e. The molecule has 0 aliphatic carbocycles. The fourth-order valence-electron chi connectivity index (χ4n) is 1.14. The standard InChI is InChI=1S/C11H13FN2O3/c1-7(11(16)17)4-5-13-10(15)8-2-3-9(12)14-6-8/h2-3,6-7H,4-5H2,1H3,(H,13,15)(H,16,17). The number of carbonyl (C=O) groups excluding carboxylic acids is 1. The number of carboxylic acids is 1. The van der Waals surface area contributed by atoms with Crippen molar-refractivity contribution in [3.63, 3.8) is 0 Å². The van der Waals surface area contributed by atoms with Crippen molar-refractivity contribution in [1.82, 2.24) is 10.3 Å². The summed E-state index contributed by atoms with van der Waals surface area (Å²) >= 11 is 0. The second kappa shape index (κ2) is 5.93. The van der Waals surface area contributed by atoms with Crippen molar-refractivity contribution in [3.8, 4) is 0 Å². The van der Waals surface area contributed by atoms with E-state index in [-0.39, 0.29) is 12.1 Å². The molecule has 1 aromatic heterocycles. The van der Waals surface area contributed by atoms with E-state index in [1.54, 1.807) is 6.92 Å². The van der Waals surface area contributed by atoms with Crippen molar-refractivity contribution in [1.29, 1.82) is 0 Å². The van der Waals surface area contributed by atoms with Crippen LogP contribution in [0.25, 0.3) is 0 Å². The Morgan fingerprint density at radius 2 is 2.24 bits per heavy atom. The van der Waals surface area contributed by atoms with Gasteiger partial charge in [-0.25, -0.2) is 4.98 Å². The Labute approximate surface area is 97.7 Å². The lowest BCUT2D eigenvalue weighted by atomic mass is 10.1. The maximum absolute atomic E-state index is 12.5. The van der Waals surface area contributed by atoms with Crippen LogP contribution in [0.15, 0.2) is 18.3 Å². The van der Waals surface area contributed by atoms with Crippen LogP contribution in [-0.4, -0.2) is 28.5 Å². The molecule has 1 amide bonds. The number of carboxylic acid groups (broad SMARTS) is 1. The molecule has 1 rings (SSSR count). The van der Waals surface area contributed by atoms with Crippen LogP contribution >= 0.6 is 0 Å². The van der Waals surface area contributed by atoms with Crippen molar-refractivity contribution < 1.29 is 19.1 Å². The van der Waals surface area contributed by atoms with Crippen molar-refractivity contribution in [2.24, 2.45) is 5.92 Å². The number of nitrogens with zero attached hydrogens (tertiary/aromatic N) is 1. The zero-order valence-electron chi connectivity index (χ0n) is 9.31. The molecule has 6 heteroatoms. The molecule has 0 fully saturated rings. The molecule has 1 aromatic rings. The number of hydrogen-bond acceptors (Lipinski definition) is 3. The van der Waals surface area contributed by atoms with E-state index in [2.05, 4.69) is 10.3 Å². The minimum absolute atomic E-state index is 0.245. The molecule has 2 N–H and O–H groups in total. The third-order valence-corrected chi connectivity index (χ3v) is 2.27. The topological polar surface area (TPSA) is 79.3 Å². The Hall–Kier alpha value is -1.98. The summed E-state index contributed by atoms with van der Waals surface area (Å²) < 4.78 is 12.5. The third kappa shape index (κ3) is 4.18. The van der Waals surface area contributed by atoms with Crippen LogP contribution in [0.5, 0.6) is 0 Å². The van der Waals surface area contributed by atoms with Crippen LogP contribution in [-0.2, 0) is 4.79 Å². The lowest BCUT2D eigenvalue weighted by Gasteiger charge is -2.07. The minimum Gasteiger partial charge on any atom is -0.481 e. The Morgan fingerprint density at radius 3 is 2.76 bits per heavy atom. The predicted molar refractivity (Wildman–Crippen MR) is 57.9 cm³/mol. The maximum atomic E-state index is 12.5. The average molecular weight is 240 g/mol. The summed E-state index contributed by atoms with van der Waals surface area (Å²) in [5.41, 5.74) is 0.245. The second-order valence-electron chi connectivity index (χ2n) is 3.65. The number of amides is 1. The molecule has 0 aliphatic heterocycles. The van der Waals surface area contributed by atoms with Gasteiger partial charge < -0.3 is 10.4 Å². The lowest BCUT2D eigenvalue weighted by molar-refractivity contribution is -0.141. The number of nitrogens with one attached hydrogen (secondary N) is 1. The number of carbonyl (C=O) groups is 2. The van der Waals surface area contributed by atoms with Gasteiger partial charge in [0, 0.05) is 12.7 Å². The van der Waals surface area contributed by atoms with Crippen LogP contribution < -0.4 is 5.32 Å². The molecule has 1 atom stereocenters. The van der Waals surface area contributed by atoms with Crippen LogP contribution in [0.4, 0.5) is 4.39 Å². The molecule has 5 nitrogen and oxygen atoms in total. The zero-order valence-corrected chi connectivity index (χ0v) is 9.31. The van der Waals surface area contributed by atoms with Gasteiger partial charge in [-0.1, -0.05) is 6.92 Å². The smallest absolute Gasteiger partial charge is 0.306 e. The predicted octanol–water partition coefficient (Wildman–Crippen LogP) is 1.06. The average Bonchev–Trinajstić information content (AvgIpc) is 2.29. The van der Waals surface area contributed by atoms with Gasteiger partial charge in [-0.05, 0) is 18.6 Å². The first-order chi connectivity index (χ1) is 8.00. The monoisotopic (exact) mass is 240 g/mol. The van der Waals surface area contributed by atoms with E-state index in [4.69, 9.17) is 5.11 Å². The Balaban J connectivity index is 2.40.